The minimum Gasteiger partial charge on any atom is -0.406 e. The summed E-state index contributed by atoms with van der Waals surface area (Å²) in [7, 11) is 3.57. The van der Waals surface area contributed by atoms with Gasteiger partial charge in [-0.1, -0.05) is 182 Å². The maximum absolute atomic E-state index is 13.8. The molecule has 6 amide bonds. The van der Waals surface area contributed by atoms with E-state index in [2.05, 4.69) is 40.2 Å². The third kappa shape index (κ3) is 24.8. The smallest absolute Gasteiger partial charge is 0.406 e. The third-order valence-electron chi connectivity index (χ3n) is 18.8. The molecule has 0 aliphatic carbocycles. The van der Waals surface area contributed by atoms with Crippen molar-refractivity contribution in [3.8, 4) is 23.0 Å². The highest BCUT2D eigenvalue weighted by molar-refractivity contribution is 6.06. The second kappa shape index (κ2) is 37.7. The monoisotopic (exact) mass is 1730 g/mol. The number of hydrogen-bond acceptors (Lipinski definition) is 12. The van der Waals surface area contributed by atoms with E-state index in [-0.39, 0.29) is 58.2 Å². The molecule has 12 rings (SSSR count). The van der Waals surface area contributed by atoms with Crippen LogP contribution >= 0.6 is 0 Å². The van der Waals surface area contributed by atoms with Gasteiger partial charge in [-0.2, -0.15) is 26.3 Å². The number of nitro benzene ring substituents is 1. The summed E-state index contributed by atoms with van der Waals surface area (Å²) in [5.74, 6) is -5.71. The van der Waals surface area contributed by atoms with Crippen LogP contribution in [-0.4, -0.2) is 80.2 Å². The number of alkyl halides is 18. The van der Waals surface area contributed by atoms with E-state index in [0.717, 1.165) is 97.1 Å². The molecular weight excluding hydrogens is 1660 g/mol. The Morgan fingerprint density at radius 2 is 0.699 bits per heavy atom. The first kappa shape index (κ1) is 91.2. The van der Waals surface area contributed by atoms with Crippen LogP contribution in [0.2, 0.25) is 0 Å². The lowest BCUT2D eigenvalue weighted by atomic mass is 9.76. The van der Waals surface area contributed by atoms with Crippen molar-refractivity contribution in [3.63, 3.8) is 0 Å². The highest BCUT2D eigenvalue weighted by Crippen LogP contribution is 2.44. The fraction of sp³-hybridized carbons (Fsp3) is 0.184. The van der Waals surface area contributed by atoms with Gasteiger partial charge in [0, 0.05) is 50.7 Å². The van der Waals surface area contributed by atoms with Crippen LogP contribution in [0, 0.1) is 10.1 Å². The first-order chi connectivity index (χ1) is 57.8. The van der Waals surface area contributed by atoms with Crippen molar-refractivity contribution in [2.24, 2.45) is 0 Å². The third-order valence-corrected chi connectivity index (χ3v) is 18.8. The number of urea groups is 1. The van der Waals surface area contributed by atoms with Crippen LogP contribution < -0.4 is 50.4 Å². The Kier molecular flexibility index (Phi) is 27.9. The van der Waals surface area contributed by atoms with Crippen LogP contribution in [0.25, 0.3) is 0 Å². The predicted octanol–water partition coefficient (Wildman–Crippen LogP) is 19.7. The molecule has 5 N–H and O–H groups in total. The molecule has 0 bridgehead atoms. The lowest BCUT2D eigenvalue weighted by molar-refractivity contribution is -0.385. The number of rotatable bonds is 25. The number of para-hydroxylation sites is 1. The fourth-order valence-corrected chi connectivity index (χ4v) is 13.5. The number of ether oxygens (including phenoxy) is 4. The summed E-state index contributed by atoms with van der Waals surface area (Å²) >= 11 is 0. The Morgan fingerprint density at radius 1 is 0.382 bits per heavy atom. The number of carbonyl (C=O) groups is 5. The van der Waals surface area contributed by atoms with Crippen molar-refractivity contribution >= 4 is 41.0 Å². The van der Waals surface area contributed by atoms with Gasteiger partial charge >= 0.3 is 43.8 Å². The average Bonchev–Trinajstić information content (AvgIpc) is 0.849. The van der Waals surface area contributed by atoms with E-state index in [9.17, 15) is 113 Å². The molecule has 18 nitrogen and oxygen atoms in total. The molecule has 1 aliphatic rings. The molecule has 1 saturated heterocycles. The van der Waals surface area contributed by atoms with Crippen LogP contribution in [-0.2, 0) is 57.8 Å². The largest absolute Gasteiger partial charge is 0.573 e. The Morgan fingerprint density at radius 3 is 1.03 bits per heavy atom. The van der Waals surface area contributed by atoms with Crippen molar-refractivity contribution in [2.75, 3.05) is 19.0 Å². The lowest BCUT2D eigenvalue weighted by Gasteiger charge is -2.37. The van der Waals surface area contributed by atoms with Crippen LogP contribution in [0.4, 0.5) is 95.2 Å². The number of nitro groups is 1. The SMILES string of the molecule is CN(C)c1cccc(C(=O)NC(Cc2ccccc2)(c2cccc(OC(F)(F)F)c2)c2cccc(OC(F)(F)F)c2)c1.O=C(CC1NC(=O)NC1=O)NC(Cc1ccccc1)(c1cccc(OC(F)(F)F)c1)c1cccc(OC(F)(F)F)c1.O=C(NC(Cc1ccccc1)(c1cccc(C(F)(F)F)c1)c1cccc(C(F)(F)F)c1)c1ccccc1[N+](=O)[O-]. The first-order valence-corrected chi connectivity index (χ1v) is 36.3. The maximum atomic E-state index is 13.8. The van der Waals surface area contributed by atoms with Crippen molar-refractivity contribution < 1.29 is 127 Å². The number of nitrogens with one attached hydrogen (secondary N) is 5. The topological polar surface area (TPSA) is 229 Å². The number of hydrogen-bond donors (Lipinski definition) is 5. The van der Waals surface area contributed by atoms with E-state index in [4.69, 9.17) is 0 Å². The molecule has 1 unspecified atom stereocenters. The van der Waals surface area contributed by atoms with Crippen LogP contribution in [0.5, 0.6) is 23.0 Å². The van der Waals surface area contributed by atoms with Crippen LogP contribution in [0.1, 0.15) is 88.3 Å². The zero-order chi connectivity index (χ0) is 89.5. The van der Waals surface area contributed by atoms with Gasteiger partial charge in [-0.25, -0.2) is 4.79 Å². The van der Waals surface area contributed by atoms with Gasteiger partial charge in [-0.15, -0.1) is 52.7 Å². The number of benzene rings is 11. The van der Waals surface area contributed by atoms with Gasteiger partial charge in [0.1, 0.15) is 34.6 Å². The highest BCUT2D eigenvalue weighted by Gasteiger charge is 2.46. The number of nitrogens with zero attached hydrogens (tertiary/aromatic N) is 2. The van der Waals surface area contributed by atoms with E-state index in [1.54, 1.807) is 134 Å². The second-order valence-electron chi connectivity index (χ2n) is 27.6. The Labute approximate surface area is 687 Å². The average molecular weight is 1730 g/mol. The van der Waals surface area contributed by atoms with E-state index < -0.39 is 147 Å². The van der Waals surface area contributed by atoms with Gasteiger partial charge in [0.2, 0.25) is 5.91 Å². The van der Waals surface area contributed by atoms with Gasteiger partial charge < -0.3 is 45.1 Å². The molecule has 0 radical (unpaired) electrons. The molecule has 0 saturated carbocycles. The van der Waals surface area contributed by atoms with E-state index in [1.807, 2.05) is 5.32 Å². The Bertz CT molecular complexity index is 5380. The van der Waals surface area contributed by atoms with Crippen LogP contribution in [0.3, 0.4) is 0 Å². The number of halogens is 18. The molecule has 0 aromatic heterocycles. The summed E-state index contributed by atoms with van der Waals surface area (Å²) in [6.07, 6.45) is -30.8. The maximum Gasteiger partial charge on any atom is 0.573 e. The molecule has 642 valence electrons. The number of anilines is 1. The Balaban J connectivity index is 0.000000193. The molecule has 1 aliphatic heterocycles. The molecule has 11 aromatic carbocycles. The quantitative estimate of drug-likeness (QED) is 0.0156. The molecule has 11 aromatic rings. The van der Waals surface area contributed by atoms with Gasteiger partial charge in [-0.05, 0) is 147 Å². The van der Waals surface area contributed by atoms with Gasteiger partial charge in [0.05, 0.1) is 39.1 Å². The molecule has 36 heteroatoms. The first-order valence-electron chi connectivity index (χ1n) is 36.3. The summed E-state index contributed by atoms with van der Waals surface area (Å²) in [4.78, 5) is 77.0. The van der Waals surface area contributed by atoms with Gasteiger partial charge in [-0.3, -0.25) is 34.6 Å². The number of amides is 6. The van der Waals surface area contributed by atoms with Crippen molar-refractivity contribution in [1.82, 2.24) is 26.6 Å². The number of imide groups is 1. The number of carbonyl (C=O) groups excluding carboxylic acids is 5. The fourth-order valence-electron chi connectivity index (χ4n) is 13.5. The van der Waals surface area contributed by atoms with Gasteiger partial charge in [0.15, 0.2) is 0 Å². The molecule has 1 heterocycles. The molecule has 0 spiro atoms. The van der Waals surface area contributed by atoms with E-state index >= 15 is 0 Å². The molecule has 1 atom stereocenters. The summed E-state index contributed by atoms with van der Waals surface area (Å²) in [5, 5.41) is 24.1. The van der Waals surface area contributed by atoms with Crippen molar-refractivity contribution in [3.05, 3.63) is 368 Å². The van der Waals surface area contributed by atoms with E-state index in [1.165, 1.54) is 72.8 Å². The molecule has 1 fully saturated rings. The highest BCUT2D eigenvalue weighted by atomic mass is 19.4. The zero-order valence-corrected chi connectivity index (χ0v) is 63.7. The minimum atomic E-state index is -5.06. The van der Waals surface area contributed by atoms with Crippen molar-refractivity contribution in [1.29, 1.82) is 0 Å². The van der Waals surface area contributed by atoms with E-state index in [0.29, 0.717) is 22.4 Å². The normalized spacial score (nSPS) is 13.3. The summed E-state index contributed by atoms with van der Waals surface area (Å²) in [5.41, 5.74) is -6.12. The van der Waals surface area contributed by atoms with Crippen molar-refractivity contribution in [2.45, 2.75) is 86.1 Å². The minimum absolute atomic E-state index is 0.0144. The zero-order valence-electron chi connectivity index (χ0n) is 63.7. The Hall–Kier alpha value is -14.1. The summed E-state index contributed by atoms with van der Waals surface area (Å²) < 4.78 is 256. The summed E-state index contributed by atoms with van der Waals surface area (Å²) in [6.45, 7) is 0. The predicted molar refractivity (Wildman–Crippen MR) is 410 cm³/mol. The summed E-state index contributed by atoms with van der Waals surface area (Å²) in [6, 6.07) is 61.6. The second-order valence-corrected chi connectivity index (χ2v) is 27.6. The van der Waals surface area contributed by atoms with Crippen LogP contribution in [0.15, 0.2) is 285 Å². The lowest BCUT2D eigenvalue weighted by Crippen LogP contribution is -2.50. The molecular formula is C87H67F18N7O11. The molecule has 123 heavy (non-hydrogen) atoms. The standard InChI is InChI=1S/C31H26F6N2O3.C29H20F6N2O3.C27H21F6N3O5/c1-39(2)25-14-6-11-22(17-25)28(40)38-29(20-21-9-4-3-5-10-21,23-12-7-15-26(18-23)41-30(32,33)34)24-13-8-16-27(19-24)42-31(35,36)37;30-28(31,32)22-12-6-10-20(16-22)27(18-19-8-2-1-3-9-19,21-11-7-13-23(17-21)29(33,34)35)36-26(38)24-14-4-5-15-25(24)37(39)40;28-26(29,30)40-19-10-4-8-17(12-19)25(15-16-6-2-1-3-7-16,18-9-5-11-20(13-18)41-27(31,32)33)36-22(37)14-21-23(38)35-24(39)34-21/h3-19H,20H2,1-2H3,(H,38,40);1-17H,18H2,(H,36,38);1-13,21H,14-15H2,(H,36,37)(H2,34,35,38,39). The van der Waals surface area contributed by atoms with Gasteiger partial charge in [0.25, 0.3) is 23.4 Å².